The molecule has 1 aromatic carbocycles. The summed E-state index contributed by atoms with van der Waals surface area (Å²) >= 11 is 7.66. The van der Waals surface area contributed by atoms with Gasteiger partial charge in [0.25, 0.3) is 5.91 Å². The Bertz CT molecular complexity index is 829. The number of amides is 1. The summed E-state index contributed by atoms with van der Waals surface area (Å²) in [4.78, 5) is 26.6. The maximum atomic E-state index is 12.6. The summed E-state index contributed by atoms with van der Waals surface area (Å²) in [5.74, 6) is -0.522. The lowest BCUT2D eigenvalue weighted by atomic mass is 10.0. The molecule has 0 atom stereocenters. The summed E-state index contributed by atoms with van der Waals surface area (Å²) in [7, 11) is 0. The number of hydrogen-bond acceptors (Lipinski definition) is 4. The van der Waals surface area contributed by atoms with Crippen LogP contribution < -0.4 is 10.2 Å². The number of carbonyl (C=O) groups is 2. The fourth-order valence-electron chi connectivity index (χ4n) is 3.54. The Morgan fingerprint density at radius 2 is 1.86 bits per heavy atom. The first kappa shape index (κ1) is 20.8. The maximum absolute atomic E-state index is 12.6. The summed E-state index contributed by atoms with van der Waals surface area (Å²) in [6.07, 6.45) is 4.80. The van der Waals surface area contributed by atoms with E-state index in [-0.39, 0.29) is 12.5 Å². The number of hydrogen-bond donors (Lipinski definition) is 2. The minimum atomic E-state index is -0.448. The molecule has 1 fully saturated rings. The Balaban J connectivity index is 1.83. The normalized spacial score (nSPS) is 15.1. The van der Waals surface area contributed by atoms with Crippen molar-refractivity contribution < 1.29 is 19.2 Å². The molecule has 1 aliphatic rings. The van der Waals surface area contributed by atoms with E-state index in [1.54, 1.807) is 13.0 Å². The lowest BCUT2D eigenvalue weighted by Gasteiger charge is -2.16. The lowest BCUT2D eigenvalue weighted by molar-refractivity contribution is -0.890. The molecule has 0 radical (unpaired) electrons. The minimum Gasteiger partial charge on any atom is -0.462 e. The second kappa shape index (κ2) is 10.0. The summed E-state index contributed by atoms with van der Waals surface area (Å²) < 4.78 is 5.25. The Morgan fingerprint density at radius 3 is 2.54 bits per heavy atom. The van der Waals surface area contributed by atoms with Crippen LogP contribution >= 0.6 is 22.9 Å². The van der Waals surface area contributed by atoms with Gasteiger partial charge in [0.2, 0.25) is 0 Å². The van der Waals surface area contributed by atoms with E-state index in [4.69, 9.17) is 16.3 Å². The number of nitrogens with one attached hydrogen (secondary N) is 2. The molecular formula is C21H26ClN2O3S+. The standard InChI is InChI=1S/C21H25ClN2O3S/c1-2-27-21(26)19-16(15-9-5-6-10-17(15)22)14-28-20(19)23-18(25)13-24-11-7-3-4-8-12-24/h5-6,9-10,14H,2-4,7-8,11-13H2,1H3,(H,23,25)/p+1. The monoisotopic (exact) mass is 421 g/mol. The van der Waals surface area contributed by atoms with Crippen LogP contribution in [0.5, 0.6) is 0 Å². The second-order valence-electron chi connectivity index (χ2n) is 6.94. The van der Waals surface area contributed by atoms with Gasteiger partial charge in [0.1, 0.15) is 10.6 Å². The van der Waals surface area contributed by atoms with Crippen molar-refractivity contribution in [3.63, 3.8) is 0 Å². The van der Waals surface area contributed by atoms with Gasteiger partial charge in [0.15, 0.2) is 6.54 Å². The molecule has 5 nitrogen and oxygen atoms in total. The number of carbonyl (C=O) groups excluding carboxylic acids is 2. The van der Waals surface area contributed by atoms with Crippen LogP contribution in [-0.4, -0.2) is 38.1 Å². The molecule has 1 amide bonds. The summed E-state index contributed by atoms with van der Waals surface area (Å²) in [6, 6.07) is 7.36. The third-order valence-corrected chi connectivity index (χ3v) is 6.13. The molecule has 2 N–H and O–H groups in total. The molecule has 0 spiro atoms. The molecule has 1 aliphatic heterocycles. The zero-order chi connectivity index (χ0) is 19.9. The summed E-state index contributed by atoms with van der Waals surface area (Å²) in [5, 5.41) is 5.87. The average molecular weight is 422 g/mol. The van der Waals surface area contributed by atoms with Crippen molar-refractivity contribution in [2.45, 2.75) is 32.6 Å². The van der Waals surface area contributed by atoms with Crippen LogP contribution in [0.2, 0.25) is 5.02 Å². The van der Waals surface area contributed by atoms with E-state index in [2.05, 4.69) is 5.32 Å². The van der Waals surface area contributed by atoms with Crippen LogP contribution in [0.25, 0.3) is 11.1 Å². The highest BCUT2D eigenvalue weighted by molar-refractivity contribution is 7.15. The first-order chi connectivity index (χ1) is 13.6. The van der Waals surface area contributed by atoms with E-state index in [9.17, 15) is 9.59 Å². The number of thiophene rings is 1. The number of rotatable bonds is 6. The van der Waals surface area contributed by atoms with Crippen LogP contribution in [0.3, 0.4) is 0 Å². The SMILES string of the molecule is CCOC(=O)c1c(-c2ccccc2Cl)csc1NC(=O)C[NH+]1CCCCCC1. The van der Waals surface area contributed by atoms with Gasteiger partial charge in [-0.15, -0.1) is 11.3 Å². The molecule has 0 aliphatic carbocycles. The van der Waals surface area contributed by atoms with Crippen LogP contribution in [0.4, 0.5) is 5.00 Å². The number of esters is 1. The summed E-state index contributed by atoms with van der Waals surface area (Å²) in [5.41, 5.74) is 1.81. The molecule has 1 saturated heterocycles. The minimum absolute atomic E-state index is 0.0741. The smallest absolute Gasteiger partial charge is 0.341 e. The van der Waals surface area contributed by atoms with E-state index in [1.165, 1.54) is 29.1 Å². The summed E-state index contributed by atoms with van der Waals surface area (Å²) in [6.45, 7) is 4.49. The van der Waals surface area contributed by atoms with E-state index >= 15 is 0 Å². The van der Waals surface area contributed by atoms with Gasteiger partial charge in [-0.1, -0.05) is 29.8 Å². The van der Waals surface area contributed by atoms with Gasteiger partial charge in [-0.2, -0.15) is 0 Å². The molecule has 0 unspecified atom stereocenters. The van der Waals surface area contributed by atoms with Gasteiger partial charge in [-0.3, -0.25) is 4.79 Å². The van der Waals surface area contributed by atoms with Crippen LogP contribution in [-0.2, 0) is 9.53 Å². The largest absolute Gasteiger partial charge is 0.462 e. The highest BCUT2D eigenvalue weighted by Crippen LogP contribution is 2.39. The Kier molecular flexibility index (Phi) is 7.48. The molecule has 2 aromatic rings. The zero-order valence-electron chi connectivity index (χ0n) is 16.1. The Labute approximate surface area is 174 Å². The van der Waals surface area contributed by atoms with Crippen LogP contribution in [0.15, 0.2) is 29.6 Å². The third-order valence-electron chi connectivity index (χ3n) is 4.91. The fourth-order valence-corrected chi connectivity index (χ4v) is 4.74. The van der Waals surface area contributed by atoms with Crippen molar-refractivity contribution in [2.24, 2.45) is 0 Å². The van der Waals surface area contributed by atoms with Crippen LogP contribution in [0.1, 0.15) is 43.0 Å². The van der Waals surface area contributed by atoms with Gasteiger partial charge in [0.05, 0.1) is 19.7 Å². The first-order valence-corrected chi connectivity index (χ1v) is 11.0. The molecular weight excluding hydrogens is 396 g/mol. The number of likely N-dealkylation sites (tertiary alicyclic amines) is 1. The molecule has 0 bridgehead atoms. The van der Waals surface area contributed by atoms with Gasteiger partial charge in [-0.25, -0.2) is 4.79 Å². The van der Waals surface area contributed by atoms with Gasteiger partial charge >= 0.3 is 5.97 Å². The third kappa shape index (κ3) is 5.13. The van der Waals surface area contributed by atoms with Crippen molar-refractivity contribution in [2.75, 3.05) is 31.6 Å². The first-order valence-electron chi connectivity index (χ1n) is 9.77. The van der Waals surface area contributed by atoms with Gasteiger partial charge < -0.3 is 15.0 Å². The topological polar surface area (TPSA) is 59.8 Å². The average Bonchev–Trinajstić information content (AvgIpc) is 2.90. The molecule has 0 saturated carbocycles. The molecule has 2 heterocycles. The predicted molar refractivity (Wildman–Crippen MR) is 113 cm³/mol. The molecule has 150 valence electrons. The van der Waals surface area contributed by atoms with Crippen molar-refractivity contribution in [1.29, 1.82) is 0 Å². The van der Waals surface area contributed by atoms with E-state index < -0.39 is 5.97 Å². The number of quaternary nitrogens is 1. The number of anilines is 1. The quantitative estimate of drug-likeness (QED) is 0.700. The molecule has 7 heteroatoms. The number of halogens is 1. The highest BCUT2D eigenvalue weighted by atomic mass is 35.5. The molecule has 3 rings (SSSR count). The van der Waals surface area contributed by atoms with Crippen molar-refractivity contribution >= 4 is 39.8 Å². The van der Waals surface area contributed by atoms with E-state index in [0.29, 0.717) is 27.7 Å². The van der Waals surface area contributed by atoms with Crippen LogP contribution in [0, 0.1) is 0 Å². The van der Waals surface area contributed by atoms with Crippen molar-refractivity contribution in [3.8, 4) is 11.1 Å². The Hall–Kier alpha value is -1.89. The van der Waals surface area contributed by atoms with Gasteiger partial charge in [-0.05, 0) is 38.7 Å². The van der Waals surface area contributed by atoms with Gasteiger partial charge in [0, 0.05) is 21.5 Å². The second-order valence-corrected chi connectivity index (χ2v) is 8.23. The highest BCUT2D eigenvalue weighted by Gasteiger charge is 2.25. The number of ether oxygens (including phenoxy) is 1. The molecule has 28 heavy (non-hydrogen) atoms. The maximum Gasteiger partial charge on any atom is 0.341 e. The van der Waals surface area contributed by atoms with E-state index in [1.807, 2.05) is 23.6 Å². The zero-order valence-corrected chi connectivity index (χ0v) is 17.6. The predicted octanol–water partition coefficient (Wildman–Crippen LogP) is 3.64. The molecule has 1 aromatic heterocycles. The van der Waals surface area contributed by atoms with E-state index in [0.717, 1.165) is 31.5 Å². The lowest BCUT2D eigenvalue weighted by Crippen LogP contribution is -3.12. The van der Waals surface area contributed by atoms with Crippen molar-refractivity contribution in [3.05, 3.63) is 40.2 Å². The fraction of sp³-hybridized carbons (Fsp3) is 0.429. The number of benzene rings is 1. The van der Waals surface area contributed by atoms with Crippen molar-refractivity contribution in [1.82, 2.24) is 0 Å². The Morgan fingerprint density at radius 1 is 1.14 bits per heavy atom.